The van der Waals surface area contributed by atoms with E-state index in [0.29, 0.717) is 28.6 Å². The van der Waals surface area contributed by atoms with E-state index in [-0.39, 0.29) is 11.8 Å². The lowest BCUT2D eigenvalue weighted by Gasteiger charge is -2.23. The lowest BCUT2D eigenvalue weighted by molar-refractivity contribution is -0.119. The van der Waals surface area contributed by atoms with Crippen LogP contribution in [0.25, 0.3) is 0 Å². The molecule has 0 aliphatic carbocycles. The average Bonchev–Trinajstić information content (AvgIpc) is 3.25. The Labute approximate surface area is 173 Å². The molecular formula is C23H20N2O3S. The first-order valence-electron chi connectivity index (χ1n) is 9.28. The van der Waals surface area contributed by atoms with Crippen LogP contribution in [0.15, 0.2) is 84.9 Å². The minimum atomic E-state index is -0.508. The molecule has 3 aromatic carbocycles. The molecule has 29 heavy (non-hydrogen) atoms. The van der Waals surface area contributed by atoms with E-state index < -0.39 is 6.04 Å². The van der Waals surface area contributed by atoms with Gasteiger partial charge in [0, 0.05) is 23.1 Å². The molecular weight excluding hydrogens is 384 g/mol. The summed E-state index contributed by atoms with van der Waals surface area (Å²) in [6.07, 6.45) is 0. The number of hydrogen-bond acceptors (Lipinski definition) is 4. The number of ether oxygens (including phenoxy) is 1. The van der Waals surface area contributed by atoms with Crippen LogP contribution in [0.2, 0.25) is 0 Å². The fourth-order valence-electron chi connectivity index (χ4n) is 3.09. The smallest absolute Gasteiger partial charge is 0.255 e. The summed E-state index contributed by atoms with van der Waals surface area (Å²) in [7, 11) is 0. The first kappa shape index (κ1) is 19.1. The minimum absolute atomic E-state index is 0.128. The number of rotatable bonds is 5. The minimum Gasteiger partial charge on any atom is -0.457 e. The second-order valence-electron chi connectivity index (χ2n) is 6.59. The summed E-state index contributed by atoms with van der Waals surface area (Å²) in [5.74, 6) is 2.11. The predicted molar refractivity (Wildman–Crippen MR) is 115 cm³/mol. The second kappa shape index (κ2) is 8.84. The summed E-state index contributed by atoms with van der Waals surface area (Å²) in [5.41, 5.74) is 1.22. The maximum atomic E-state index is 12.9. The molecule has 6 heteroatoms. The summed E-state index contributed by atoms with van der Waals surface area (Å²) >= 11 is 1.58. The molecule has 4 rings (SSSR count). The number of nitrogens with one attached hydrogen (secondary N) is 1. The molecule has 1 N–H and O–H groups in total. The first-order chi connectivity index (χ1) is 14.2. The zero-order valence-corrected chi connectivity index (χ0v) is 16.5. The van der Waals surface area contributed by atoms with Gasteiger partial charge in [-0.3, -0.25) is 9.59 Å². The molecule has 2 amide bonds. The fraction of sp³-hybridized carbons (Fsp3) is 0.130. The van der Waals surface area contributed by atoms with Crippen LogP contribution in [0, 0.1) is 0 Å². The van der Waals surface area contributed by atoms with Gasteiger partial charge >= 0.3 is 0 Å². The zero-order valence-electron chi connectivity index (χ0n) is 15.7. The van der Waals surface area contributed by atoms with Crippen molar-refractivity contribution in [1.29, 1.82) is 0 Å². The van der Waals surface area contributed by atoms with Crippen LogP contribution in [0.4, 0.5) is 5.69 Å². The summed E-state index contributed by atoms with van der Waals surface area (Å²) in [4.78, 5) is 27.3. The average molecular weight is 404 g/mol. The van der Waals surface area contributed by atoms with Gasteiger partial charge < -0.3 is 15.0 Å². The lowest BCUT2D eigenvalue weighted by atomic mass is 10.1. The largest absolute Gasteiger partial charge is 0.457 e. The lowest BCUT2D eigenvalue weighted by Crippen LogP contribution is -2.44. The van der Waals surface area contributed by atoms with Gasteiger partial charge in [0.1, 0.15) is 17.5 Å². The predicted octanol–water partition coefficient (Wildman–Crippen LogP) is 4.63. The highest BCUT2D eigenvalue weighted by molar-refractivity contribution is 7.99. The standard InChI is InChI=1S/C23H20N2O3S/c26-22(21-15-29-16-25(21)23(27)17-8-3-1-4-9-17)24-18-10-7-13-20(14-18)28-19-11-5-2-6-12-19/h1-14,21H,15-16H2,(H,24,26)/t21-/m0/s1. The monoisotopic (exact) mass is 404 g/mol. The zero-order chi connectivity index (χ0) is 20.1. The number of carbonyl (C=O) groups excluding carboxylic acids is 2. The van der Waals surface area contributed by atoms with Crippen LogP contribution in [-0.2, 0) is 4.79 Å². The molecule has 1 saturated heterocycles. The van der Waals surface area contributed by atoms with Crippen LogP contribution in [-0.4, -0.2) is 34.4 Å². The number of amides is 2. The molecule has 0 spiro atoms. The van der Waals surface area contributed by atoms with E-state index in [0.717, 1.165) is 5.75 Å². The summed E-state index contributed by atoms with van der Waals surface area (Å²) in [5, 5.41) is 2.92. The van der Waals surface area contributed by atoms with E-state index >= 15 is 0 Å². The molecule has 0 bridgehead atoms. The molecule has 146 valence electrons. The molecule has 0 radical (unpaired) electrons. The fourth-order valence-corrected chi connectivity index (χ4v) is 4.25. The quantitative estimate of drug-likeness (QED) is 0.673. The topological polar surface area (TPSA) is 58.6 Å². The van der Waals surface area contributed by atoms with Crippen molar-refractivity contribution in [2.45, 2.75) is 6.04 Å². The van der Waals surface area contributed by atoms with Gasteiger partial charge in [0.15, 0.2) is 0 Å². The van der Waals surface area contributed by atoms with Gasteiger partial charge in [-0.2, -0.15) is 0 Å². The molecule has 3 aromatic rings. The Morgan fingerprint density at radius 3 is 2.34 bits per heavy atom. The SMILES string of the molecule is O=C(Nc1cccc(Oc2ccccc2)c1)[C@@H]1CSCN1C(=O)c1ccccc1. The number of para-hydroxylation sites is 1. The Hall–Kier alpha value is -3.25. The van der Waals surface area contributed by atoms with Crippen molar-refractivity contribution in [1.82, 2.24) is 4.90 Å². The van der Waals surface area contributed by atoms with Crippen molar-refractivity contribution in [3.05, 3.63) is 90.5 Å². The van der Waals surface area contributed by atoms with Crippen molar-refractivity contribution in [2.24, 2.45) is 0 Å². The molecule has 0 unspecified atom stereocenters. The van der Waals surface area contributed by atoms with Gasteiger partial charge in [0.2, 0.25) is 5.91 Å². The number of nitrogens with zero attached hydrogens (tertiary/aromatic N) is 1. The molecule has 1 heterocycles. The maximum absolute atomic E-state index is 12.9. The van der Waals surface area contributed by atoms with E-state index in [2.05, 4.69) is 5.32 Å². The Morgan fingerprint density at radius 1 is 0.897 bits per heavy atom. The van der Waals surface area contributed by atoms with Gasteiger partial charge in [-0.25, -0.2) is 0 Å². The third-order valence-electron chi connectivity index (χ3n) is 4.55. The van der Waals surface area contributed by atoms with E-state index in [1.807, 2.05) is 60.7 Å². The number of anilines is 1. The van der Waals surface area contributed by atoms with Crippen molar-refractivity contribution < 1.29 is 14.3 Å². The highest BCUT2D eigenvalue weighted by atomic mass is 32.2. The van der Waals surface area contributed by atoms with Crippen LogP contribution in [0.3, 0.4) is 0 Å². The number of benzene rings is 3. The van der Waals surface area contributed by atoms with Gasteiger partial charge in [-0.05, 0) is 36.4 Å². The van der Waals surface area contributed by atoms with Crippen LogP contribution < -0.4 is 10.1 Å². The number of hydrogen-bond donors (Lipinski definition) is 1. The highest BCUT2D eigenvalue weighted by Crippen LogP contribution is 2.26. The van der Waals surface area contributed by atoms with Crippen molar-refractivity contribution in [2.75, 3.05) is 16.9 Å². The first-order valence-corrected chi connectivity index (χ1v) is 10.4. The van der Waals surface area contributed by atoms with E-state index in [1.54, 1.807) is 40.9 Å². The van der Waals surface area contributed by atoms with Crippen molar-refractivity contribution in [3.63, 3.8) is 0 Å². The van der Waals surface area contributed by atoms with E-state index in [1.165, 1.54) is 0 Å². The Morgan fingerprint density at radius 2 is 1.59 bits per heavy atom. The highest BCUT2D eigenvalue weighted by Gasteiger charge is 2.35. The van der Waals surface area contributed by atoms with Gasteiger partial charge in [-0.1, -0.05) is 42.5 Å². The summed E-state index contributed by atoms with van der Waals surface area (Å²) in [6, 6.07) is 25.2. The molecule has 5 nitrogen and oxygen atoms in total. The van der Waals surface area contributed by atoms with E-state index in [9.17, 15) is 9.59 Å². The third-order valence-corrected chi connectivity index (χ3v) is 5.56. The Kier molecular flexibility index (Phi) is 5.81. The van der Waals surface area contributed by atoms with E-state index in [4.69, 9.17) is 4.74 Å². The van der Waals surface area contributed by atoms with Crippen molar-refractivity contribution >= 4 is 29.3 Å². The van der Waals surface area contributed by atoms with Gasteiger partial charge in [-0.15, -0.1) is 11.8 Å². The molecule has 0 aromatic heterocycles. The van der Waals surface area contributed by atoms with Crippen LogP contribution >= 0.6 is 11.8 Å². The normalized spacial score (nSPS) is 15.7. The molecule has 1 atom stereocenters. The summed E-state index contributed by atoms with van der Waals surface area (Å²) < 4.78 is 5.82. The number of thioether (sulfide) groups is 1. The molecule has 0 saturated carbocycles. The van der Waals surface area contributed by atoms with Crippen LogP contribution in [0.5, 0.6) is 11.5 Å². The Bertz CT molecular complexity index is 995. The number of carbonyl (C=O) groups is 2. The molecule has 1 fully saturated rings. The second-order valence-corrected chi connectivity index (χ2v) is 7.59. The van der Waals surface area contributed by atoms with Crippen molar-refractivity contribution in [3.8, 4) is 11.5 Å². The summed E-state index contributed by atoms with van der Waals surface area (Å²) in [6.45, 7) is 0. The van der Waals surface area contributed by atoms with Gasteiger partial charge in [0.25, 0.3) is 5.91 Å². The van der Waals surface area contributed by atoms with Gasteiger partial charge in [0.05, 0.1) is 5.88 Å². The third kappa shape index (κ3) is 4.60. The van der Waals surface area contributed by atoms with Crippen LogP contribution in [0.1, 0.15) is 10.4 Å². The molecule has 1 aliphatic heterocycles. The molecule has 1 aliphatic rings. The maximum Gasteiger partial charge on any atom is 0.255 e. The Balaban J connectivity index is 1.44.